The maximum absolute atomic E-state index is 15.2. The van der Waals surface area contributed by atoms with Crippen LogP contribution >= 0.6 is 0 Å². The maximum Gasteiger partial charge on any atom is 0.304 e. The van der Waals surface area contributed by atoms with Gasteiger partial charge in [0.2, 0.25) is 0 Å². The molecule has 6 rings (SSSR count). The summed E-state index contributed by atoms with van der Waals surface area (Å²) in [5, 5.41) is 9.13. The zero-order valence-corrected chi connectivity index (χ0v) is 24.1. The zero-order valence-electron chi connectivity index (χ0n) is 23.2. The van der Waals surface area contributed by atoms with Crippen LogP contribution in [0.2, 0.25) is 0 Å². The van der Waals surface area contributed by atoms with Gasteiger partial charge in [-0.05, 0) is 84.7 Å². The quantitative estimate of drug-likeness (QED) is 0.331. The van der Waals surface area contributed by atoms with Crippen LogP contribution in [-0.2, 0) is 35.0 Å². The predicted octanol–water partition coefficient (Wildman–Crippen LogP) is 6.44. The number of benzene rings is 3. The molecule has 0 saturated carbocycles. The molecule has 1 aliphatic carbocycles. The molecule has 0 aromatic heterocycles. The van der Waals surface area contributed by atoms with Gasteiger partial charge in [0, 0.05) is 50.8 Å². The number of carboxylic acid groups (broad SMARTS) is 1. The Morgan fingerprint density at radius 2 is 1.76 bits per heavy atom. The maximum atomic E-state index is 15.2. The van der Waals surface area contributed by atoms with Gasteiger partial charge in [-0.2, -0.15) is 0 Å². The average molecular weight is 579 g/mol. The van der Waals surface area contributed by atoms with E-state index in [0.29, 0.717) is 30.3 Å². The van der Waals surface area contributed by atoms with Gasteiger partial charge < -0.3 is 19.3 Å². The number of hydrogen-bond acceptors (Lipinski definition) is 5. The van der Waals surface area contributed by atoms with Gasteiger partial charge in [0.05, 0.1) is 19.6 Å². The fourth-order valence-electron chi connectivity index (χ4n) is 6.06. The van der Waals surface area contributed by atoms with Gasteiger partial charge in [-0.1, -0.05) is 19.1 Å². The van der Waals surface area contributed by atoms with Crippen molar-refractivity contribution in [3.05, 3.63) is 76.6 Å². The molecule has 3 aliphatic rings. The summed E-state index contributed by atoms with van der Waals surface area (Å²) in [6, 6.07) is 15.1. The normalized spacial score (nSPS) is 23.0. The topological polar surface area (TPSA) is 82.1 Å². The number of hydrogen-bond donors (Lipinski definition) is 1. The number of aliphatic carboxylic acids is 1. The first kappa shape index (κ1) is 27.8. The standard InChI is InChI=1S/C33H35FO6S/c1-33(9-11-41(37)12-10-33)20-40-25-5-7-27-21(13-25)3-2-4-22-15-30(34)24(14-29(22)27)19-38-26-6-8-28-23(16-32(35)36)18-39-31(28)17-26/h5-8,13-15,17,23H,2-4,9-12,16,18-20H2,1H3,(H,35,36). The van der Waals surface area contributed by atoms with E-state index < -0.39 is 16.8 Å². The number of aryl methyl sites for hydroxylation is 2. The van der Waals surface area contributed by atoms with Crippen molar-refractivity contribution in [3.63, 3.8) is 0 Å². The number of ether oxygens (including phenoxy) is 3. The molecule has 2 heterocycles. The highest BCUT2D eigenvalue weighted by Crippen LogP contribution is 2.40. The number of fused-ring (bicyclic) bond motifs is 4. The van der Waals surface area contributed by atoms with Crippen LogP contribution in [0, 0.1) is 11.2 Å². The molecule has 216 valence electrons. The predicted molar refractivity (Wildman–Crippen MR) is 156 cm³/mol. The first-order valence-corrected chi connectivity index (χ1v) is 15.8. The van der Waals surface area contributed by atoms with Crippen molar-refractivity contribution in [2.24, 2.45) is 5.41 Å². The van der Waals surface area contributed by atoms with Gasteiger partial charge in [-0.15, -0.1) is 0 Å². The van der Waals surface area contributed by atoms with Crippen LogP contribution < -0.4 is 14.2 Å². The molecule has 0 radical (unpaired) electrons. The summed E-state index contributed by atoms with van der Waals surface area (Å²) in [6.07, 6.45) is 4.47. The molecule has 41 heavy (non-hydrogen) atoms. The third kappa shape index (κ3) is 6.13. The molecule has 3 aromatic carbocycles. The lowest BCUT2D eigenvalue weighted by Gasteiger charge is -2.32. The average Bonchev–Trinajstić information content (AvgIpc) is 3.25. The summed E-state index contributed by atoms with van der Waals surface area (Å²) in [4.78, 5) is 11.1. The summed E-state index contributed by atoms with van der Waals surface area (Å²) in [5.74, 6) is 2.19. The van der Waals surface area contributed by atoms with Crippen molar-refractivity contribution >= 4 is 16.8 Å². The fraction of sp³-hybridized carbons (Fsp3) is 0.424. The molecule has 0 spiro atoms. The van der Waals surface area contributed by atoms with Crippen LogP contribution in [0.15, 0.2) is 48.5 Å². The Hall–Kier alpha value is -3.39. The van der Waals surface area contributed by atoms with Crippen molar-refractivity contribution in [2.75, 3.05) is 24.7 Å². The largest absolute Gasteiger partial charge is 0.493 e. The molecule has 0 amide bonds. The molecule has 1 unspecified atom stereocenters. The highest BCUT2D eigenvalue weighted by atomic mass is 32.2. The Morgan fingerprint density at radius 3 is 2.54 bits per heavy atom. The molecule has 6 nitrogen and oxygen atoms in total. The first-order valence-electron chi connectivity index (χ1n) is 14.3. The summed E-state index contributed by atoms with van der Waals surface area (Å²) in [6.45, 7) is 3.22. The second-order valence-electron chi connectivity index (χ2n) is 11.8. The fourth-order valence-corrected chi connectivity index (χ4v) is 7.71. The third-order valence-electron chi connectivity index (χ3n) is 8.67. The van der Waals surface area contributed by atoms with E-state index in [4.69, 9.17) is 19.3 Å². The lowest BCUT2D eigenvalue weighted by molar-refractivity contribution is -0.137. The minimum absolute atomic E-state index is 0.0190. The van der Waals surface area contributed by atoms with Crippen LogP contribution in [0.4, 0.5) is 4.39 Å². The van der Waals surface area contributed by atoms with E-state index in [1.807, 2.05) is 18.2 Å². The Morgan fingerprint density at radius 1 is 1.02 bits per heavy atom. The monoisotopic (exact) mass is 578 g/mol. The number of rotatable bonds is 8. The van der Waals surface area contributed by atoms with Crippen molar-refractivity contribution < 1.29 is 32.7 Å². The summed E-state index contributed by atoms with van der Waals surface area (Å²) in [7, 11) is -0.694. The molecule has 1 saturated heterocycles. The van der Waals surface area contributed by atoms with E-state index in [0.717, 1.165) is 71.6 Å². The van der Waals surface area contributed by atoms with E-state index in [1.54, 1.807) is 18.2 Å². The minimum atomic E-state index is -0.857. The van der Waals surface area contributed by atoms with Gasteiger partial charge in [-0.3, -0.25) is 9.00 Å². The molecule has 3 aromatic rings. The molecular formula is C33H35FO6S. The second-order valence-corrected chi connectivity index (χ2v) is 13.5. The van der Waals surface area contributed by atoms with Gasteiger partial charge in [0.15, 0.2) is 0 Å². The van der Waals surface area contributed by atoms with E-state index in [2.05, 4.69) is 19.1 Å². The number of carbonyl (C=O) groups is 1. The Kier molecular flexibility index (Phi) is 7.77. The van der Waals surface area contributed by atoms with E-state index in [9.17, 15) is 9.00 Å². The molecule has 1 fully saturated rings. The van der Waals surface area contributed by atoms with Crippen LogP contribution in [0.5, 0.6) is 17.2 Å². The SMILES string of the molecule is CC1(COc2ccc3c(c2)CCCc2cc(F)c(COc4ccc5c(c4)OCC5CC(=O)O)cc2-3)CCS(=O)CC1. The van der Waals surface area contributed by atoms with Crippen molar-refractivity contribution in [1.82, 2.24) is 0 Å². The zero-order chi connectivity index (χ0) is 28.6. The molecule has 0 bridgehead atoms. The Balaban J connectivity index is 1.17. The van der Waals surface area contributed by atoms with Crippen LogP contribution in [0.1, 0.15) is 60.8 Å². The summed E-state index contributed by atoms with van der Waals surface area (Å²) in [5.41, 5.74) is 5.70. The molecule has 8 heteroatoms. The van der Waals surface area contributed by atoms with Gasteiger partial charge in [0.1, 0.15) is 29.7 Å². The Bertz CT molecular complexity index is 1490. The highest BCUT2D eigenvalue weighted by Gasteiger charge is 2.31. The van der Waals surface area contributed by atoms with Crippen LogP contribution in [0.25, 0.3) is 11.1 Å². The summed E-state index contributed by atoms with van der Waals surface area (Å²) >= 11 is 0. The van der Waals surface area contributed by atoms with Gasteiger partial charge in [0.25, 0.3) is 0 Å². The summed E-state index contributed by atoms with van der Waals surface area (Å²) < 4.78 is 44.9. The second kappa shape index (κ2) is 11.5. The van der Waals surface area contributed by atoms with Crippen molar-refractivity contribution in [2.45, 2.75) is 58.0 Å². The molecule has 1 atom stereocenters. The number of halogens is 1. The van der Waals surface area contributed by atoms with Crippen molar-refractivity contribution in [1.29, 1.82) is 0 Å². The van der Waals surface area contributed by atoms with Crippen LogP contribution in [-0.4, -0.2) is 40.0 Å². The lowest BCUT2D eigenvalue weighted by atomic mass is 9.85. The smallest absolute Gasteiger partial charge is 0.304 e. The minimum Gasteiger partial charge on any atom is -0.493 e. The van der Waals surface area contributed by atoms with E-state index in [1.165, 1.54) is 5.56 Å². The molecule has 2 aliphatic heterocycles. The van der Waals surface area contributed by atoms with Crippen LogP contribution in [0.3, 0.4) is 0 Å². The van der Waals surface area contributed by atoms with E-state index in [-0.39, 0.29) is 30.2 Å². The van der Waals surface area contributed by atoms with E-state index >= 15 is 4.39 Å². The third-order valence-corrected chi connectivity index (χ3v) is 9.98. The van der Waals surface area contributed by atoms with Gasteiger partial charge >= 0.3 is 5.97 Å². The van der Waals surface area contributed by atoms with Crippen molar-refractivity contribution in [3.8, 4) is 28.4 Å². The number of carboxylic acids is 1. The Labute approximate surface area is 242 Å². The molecular weight excluding hydrogens is 543 g/mol. The first-order chi connectivity index (χ1) is 19.8. The molecule has 1 N–H and O–H groups in total. The highest BCUT2D eigenvalue weighted by molar-refractivity contribution is 7.85. The van der Waals surface area contributed by atoms with Gasteiger partial charge in [-0.25, -0.2) is 4.39 Å². The lowest BCUT2D eigenvalue weighted by Crippen LogP contribution is -2.33.